The van der Waals surface area contributed by atoms with E-state index in [9.17, 15) is 9.90 Å². The highest BCUT2D eigenvalue weighted by Crippen LogP contribution is 2.27. The minimum Gasteiger partial charge on any atom is -0.504 e. The van der Waals surface area contributed by atoms with Gasteiger partial charge < -0.3 is 9.84 Å². The Morgan fingerprint density at radius 3 is 2.92 bits per heavy atom. The van der Waals surface area contributed by atoms with E-state index < -0.39 is 0 Å². The van der Waals surface area contributed by atoms with Gasteiger partial charge in [-0.1, -0.05) is 29.5 Å². The number of thiazole rings is 1. The highest BCUT2D eigenvalue weighted by Gasteiger charge is 2.10. The summed E-state index contributed by atoms with van der Waals surface area (Å²) in [5.74, 6) is 0.494. The van der Waals surface area contributed by atoms with E-state index in [4.69, 9.17) is 4.74 Å². The fourth-order valence-electron chi connectivity index (χ4n) is 2.67. The molecule has 0 spiro atoms. The second-order valence-corrected chi connectivity index (χ2v) is 6.30. The number of imidazole rings is 1. The number of benzene rings is 2. The number of fused-ring (bicyclic) bond motifs is 3. The van der Waals surface area contributed by atoms with Crippen LogP contribution in [-0.4, -0.2) is 21.1 Å². The van der Waals surface area contributed by atoms with Crippen molar-refractivity contribution < 1.29 is 9.84 Å². The summed E-state index contributed by atoms with van der Waals surface area (Å²) in [5.41, 5.74) is 2.26. The molecular weight excluding hydrogens is 324 g/mol. The molecule has 4 rings (SSSR count). The number of nitrogens with zero attached hydrogens (tertiary/aromatic N) is 2. The van der Waals surface area contributed by atoms with E-state index in [2.05, 4.69) is 4.98 Å². The molecule has 2 aromatic carbocycles. The van der Waals surface area contributed by atoms with E-state index in [1.165, 1.54) is 11.3 Å². The Balaban J connectivity index is 1.87. The third-order valence-corrected chi connectivity index (χ3v) is 4.69. The second-order valence-electron chi connectivity index (χ2n) is 5.29. The molecule has 2 aromatic heterocycles. The van der Waals surface area contributed by atoms with E-state index in [0.29, 0.717) is 21.8 Å². The van der Waals surface area contributed by atoms with Crippen molar-refractivity contribution in [1.82, 2.24) is 9.38 Å². The molecule has 2 heterocycles. The zero-order valence-corrected chi connectivity index (χ0v) is 13.7. The highest BCUT2D eigenvalue weighted by atomic mass is 32.1. The lowest BCUT2D eigenvalue weighted by Gasteiger charge is -2.05. The molecule has 0 saturated heterocycles. The monoisotopic (exact) mass is 338 g/mol. The largest absolute Gasteiger partial charge is 0.504 e. The Hall–Kier alpha value is -2.86. The molecule has 0 aliphatic heterocycles. The zero-order chi connectivity index (χ0) is 16.7. The number of rotatable bonds is 3. The lowest BCUT2D eigenvalue weighted by Crippen LogP contribution is -2.22. The van der Waals surface area contributed by atoms with E-state index in [-0.39, 0.29) is 11.3 Å². The van der Waals surface area contributed by atoms with Crippen LogP contribution in [0.4, 0.5) is 0 Å². The third-order valence-electron chi connectivity index (χ3n) is 3.73. The summed E-state index contributed by atoms with van der Waals surface area (Å²) in [6, 6.07) is 12.7. The van der Waals surface area contributed by atoms with Crippen LogP contribution < -0.4 is 14.8 Å². The summed E-state index contributed by atoms with van der Waals surface area (Å²) in [6.45, 7) is 2.34. The van der Waals surface area contributed by atoms with Gasteiger partial charge in [-0.05, 0) is 42.8 Å². The van der Waals surface area contributed by atoms with E-state index in [1.807, 2.05) is 37.3 Å². The molecule has 0 aliphatic carbocycles. The van der Waals surface area contributed by atoms with Crippen molar-refractivity contribution in [2.75, 3.05) is 6.61 Å². The summed E-state index contributed by atoms with van der Waals surface area (Å²) < 4.78 is 7.51. The number of phenolic OH excluding ortho intramolecular Hbond substituents is 1. The topological polar surface area (TPSA) is 63.8 Å². The summed E-state index contributed by atoms with van der Waals surface area (Å²) in [7, 11) is 0. The van der Waals surface area contributed by atoms with Gasteiger partial charge in [-0.25, -0.2) is 9.38 Å². The summed E-state index contributed by atoms with van der Waals surface area (Å²) >= 11 is 1.34. The van der Waals surface area contributed by atoms with Crippen LogP contribution in [0.2, 0.25) is 0 Å². The average molecular weight is 338 g/mol. The predicted octanol–water partition coefficient (Wildman–Crippen LogP) is 2.56. The smallest absolute Gasteiger partial charge is 0.274 e. The molecule has 0 radical (unpaired) electrons. The third kappa shape index (κ3) is 2.32. The number of aromatic hydroxyl groups is 1. The van der Waals surface area contributed by atoms with Crippen LogP contribution in [0.3, 0.4) is 0 Å². The Morgan fingerprint density at radius 2 is 2.12 bits per heavy atom. The van der Waals surface area contributed by atoms with Gasteiger partial charge in [0, 0.05) is 0 Å². The molecule has 0 saturated carbocycles. The molecule has 120 valence electrons. The quantitative estimate of drug-likeness (QED) is 0.623. The molecule has 0 unspecified atom stereocenters. The van der Waals surface area contributed by atoms with Crippen LogP contribution in [0, 0.1) is 0 Å². The Morgan fingerprint density at radius 1 is 1.29 bits per heavy atom. The van der Waals surface area contributed by atoms with Crippen LogP contribution in [0.5, 0.6) is 11.5 Å². The Labute approximate surface area is 141 Å². The van der Waals surface area contributed by atoms with Crippen molar-refractivity contribution in [3.8, 4) is 11.5 Å². The molecule has 0 amide bonds. The van der Waals surface area contributed by atoms with Gasteiger partial charge in [0.05, 0.1) is 22.2 Å². The van der Waals surface area contributed by atoms with E-state index in [1.54, 1.807) is 22.6 Å². The first-order valence-electron chi connectivity index (χ1n) is 7.55. The van der Waals surface area contributed by atoms with Gasteiger partial charge in [0.2, 0.25) is 0 Å². The SMILES string of the molecule is CCOc1ccc(C=c2sc3nc4ccccc4n3c2=O)cc1O. The fraction of sp³-hybridized carbons (Fsp3) is 0.111. The standard InChI is InChI=1S/C18H14N2O3S/c1-2-23-15-8-7-11(9-14(15)21)10-16-17(22)20-13-6-4-3-5-12(13)19-18(20)24-16/h3-10,21H,2H2,1H3. The first-order valence-corrected chi connectivity index (χ1v) is 8.36. The van der Waals surface area contributed by atoms with Gasteiger partial charge in [-0.3, -0.25) is 4.79 Å². The summed E-state index contributed by atoms with van der Waals surface area (Å²) in [4.78, 5) is 17.8. The maximum absolute atomic E-state index is 12.7. The molecule has 0 fully saturated rings. The molecule has 0 aliphatic rings. The van der Waals surface area contributed by atoms with Crippen LogP contribution in [-0.2, 0) is 0 Å². The van der Waals surface area contributed by atoms with Crippen molar-refractivity contribution >= 4 is 33.4 Å². The lowest BCUT2D eigenvalue weighted by molar-refractivity contribution is 0.318. The molecule has 0 bridgehead atoms. The molecule has 6 heteroatoms. The lowest BCUT2D eigenvalue weighted by atomic mass is 10.2. The van der Waals surface area contributed by atoms with Gasteiger partial charge in [0.1, 0.15) is 0 Å². The minimum absolute atomic E-state index is 0.0600. The molecule has 1 N–H and O–H groups in total. The van der Waals surface area contributed by atoms with Crippen molar-refractivity contribution in [3.05, 3.63) is 62.9 Å². The molecule has 4 aromatic rings. The van der Waals surface area contributed by atoms with Crippen LogP contribution in [0.15, 0.2) is 47.3 Å². The number of hydrogen-bond acceptors (Lipinski definition) is 5. The number of hydrogen-bond donors (Lipinski definition) is 1. The first-order chi connectivity index (χ1) is 11.7. The number of ether oxygens (including phenoxy) is 1. The van der Waals surface area contributed by atoms with Crippen molar-refractivity contribution in [2.24, 2.45) is 0 Å². The molecule has 0 atom stereocenters. The highest BCUT2D eigenvalue weighted by molar-refractivity contribution is 7.15. The number of phenols is 1. The van der Waals surface area contributed by atoms with E-state index >= 15 is 0 Å². The maximum atomic E-state index is 12.7. The number of aromatic nitrogens is 2. The van der Waals surface area contributed by atoms with E-state index in [0.717, 1.165) is 16.6 Å². The summed E-state index contributed by atoms with van der Waals surface area (Å²) in [5, 5.41) is 9.97. The Kier molecular flexibility index (Phi) is 3.46. The Bertz CT molecular complexity index is 1160. The van der Waals surface area contributed by atoms with Gasteiger partial charge in [-0.2, -0.15) is 0 Å². The average Bonchev–Trinajstić information content (AvgIpc) is 3.07. The minimum atomic E-state index is -0.0999. The van der Waals surface area contributed by atoms with Crippen molar-refractivity contribution in [3.63, 3.8) is 0 Å². The van der Waals surface area contributed by atoms with Gasteiger partial charge >= 0.3 is 0 Å². The van der Waals surface area contributed by atoms with Crippen LogP contribution in [0.1, 0.15) is 12.5 Å². The maximum Gasteiger partial charge on any atom is 0.274 e. The zero-order valence-electron chi connectivity index (χ0n) is 12.9. The predicted molar refractivity (Wildman–Crippen MR) is 94.9 cm³/mol. The molecular formula is C18H14N2O3S. The molecule has 5 nitrogen and oxygen atoms in total. The van der Waals surface area contributed by atoms with Gasteiger partial charge in [0.25, 0.3) is 5.56 Å². The summed E-state index contributed by atoms with van der Waals surface area (Å²) in [6.07, 6.45) is 1.76. The fourth-order valence-corrected chi connectivity index (χ4v) is 3.65. The van der Waals surface area contributed by atoms with Crippen molar-refractivity contribution in [2.45, 2.75) is 6.92 Å². The normalized spacial score (nSPS) is 12.3. The van der Waals surface area contributed by atoms with Crippen LogP contribution in [0.25, 0.3) is 22.1 Å². The van der Waals surface area contributed by atoms with Gasteiger partial charge in [-0.15, -0.1) is 0 Å². The van der Waals surface area contributed by atoms with Gasteiger partial charge in [0.15, 0.2) is 16.5 Å². The first kappa shape index (κ1) is 14.7. The van der Waals surface area contributed by atoms with Crippen molar-refractivity contribution in [1.29, 1.82) is 0 Å². The van der Waals surface area contributed by atoms with Crippen LogP contribution >= 0.6 is 11.3 Å². The second kappa shape index (κ2) is 5.65. The molecule has 24 heavy (non-hydrogen) atoms. The number of para-hydroxylation sites is 2.